The molecule has 2 amide bonds. The molecule has 2 N–H and O–H groups in total. The van der Waals surface area contributed by atoms with Crippen LogP contribution in [-0.2, 0) is 4.79 Å². The summed E-state index contributed by atoms with van der Waals surface area (Å²) in [5.74, 6) is -1.25. The van der Waals surface area contributed by atoms with Crippen molar-refractivity contribution in [3.63, 3.8) is 0 Å². The van der Waals surface area contributed by atoms with Crippen molar-refractivity contribution in [1.82, 2.24) is 5.32 Å². The minimum atomic E-state index is -0.680. The molecule has 0 bridgehead atoms. The van der Waals surface area contributed by atoms with E-state index in [1.807, 2.05) is 0 Å². The molecule has 0 aliphatic rings. The van der Waals surface area contributed by atoms with Crippen molar-refractivity contribution in [2.45, 2.75) is 4.90 Å². The molecule has 0 saturated carbocycles. The quantitative estimate of drug-likeness (QED) is 0.0644. The number of ketones is 1. The predicted molar refractivity (Wildman–Crippen MR) is 162 cm³/mol. The van der Waals surface area contributed by atoms with E-state index in [1.54, 1.807) is 72.8 Å². The molecule has 0 unspecified atom stereocenters. The molecule has 0 radical (unpaired) electrons. The number of hydrogen-bond acceptors (Lipinski definition) is 6. The number of nitrogens with zero attached hydrogens (tertiary/aromatic N) is 1. The Morgan fingerprint density at radius 3 is 2.24 bits per heavy atom. The SMILES string of the molecule is O=C(Nc1ccc(SCC(=O)c2ccc(Cl)cc2Cl)cc1)/C(=C/c1ccccc1[N+](=O)[O-])NC(=O)c1ccccc1. The number of para-hydroxylation sites is 1. The van der Waals surface area contributed by atoms with Crippen LogP contribution in [0.25, 0.3) is 6.08 Å². The van der Waals surface area contributed by atoms with Gasteiger partial charge in [0.2, 0.25) is 0 Å². The molecular weight excluding hydrogens is 585 g/mol. The third-order valence-corrected chi connectivity index (χ3v) is 7.24. The Hall–Kier alpha value is -4.44. The fraction of sp³-hybridized carbons (Fsp3) is 0.0333. The third kappa shape index (κ3) is 8.04. The largest absolute Gasteiger partial charge is 0.321 e. The molecule has 206 valence electrons. The van der Waals surface area contributed by atoms with Gasteiger partial charge in [-0.15, -0.1) is 11.8 Å². The number of nitro groups is 1. The van der Waals surface area contributed by atoms with E-state index in [-0.39, 0.29) is 33.5 Å². The fourth-order valence-corrected chi connectivity index (χ4v) is 4.94. The van der Waals surface area contributed by atoms with E-state index in [1.165, 1.54) is 42.1 Å². The summed E-state index contributed by atoms with van der Waals surface area (Å²) in [6.45, 7) is 0. The average Bonchev–Trinajstić information content (AvgIpc) is 2.97. The van der Waals surface area contributed by atoms with Crippen LogP contribution in [0, 0.1) is 10.1 Å². The minimum absolute atomic E-state index is 0.140. The van der Waals surface area contributed by atoms with Gasteiger partial charge in [-0.25, -0.2) is 0 Å². The Morgan fingerprint density at radius 2 is 1.56 bits per heavy atom. The maximum Gasteiger partial charge on any atom is 0.276 e. The van der Waals surface area contributed by atoms with Crippen molar-refractivity contribution in [2.75, 3.05) is 11.1 Å². The first-order valence-electron chi connectivity index (χ1n) is 12.1. The summed E-state index contributed by atoms with van der Waals surface area (Å²) >= 11 is 13.3. The van der Waals surface area contributed by atoms with Crippen LogP contribution in [0.15, 0.2) is 108 Å². The maximum absolute atomic E-state index is 13.2. The maximum atomic E-state index is 13.2. The summed E-state index contributed by atoms with van der Waals surface area (Å²) < 4.78 is 0. The number of halogens is 2. The molecule has 0 fully saturated rings. The highest BCUT2D eigenvalue weighted by Gasteiger charge is 2.18. The summed E-state index contributed by atoms with van der Waals surface area (Å²) in [6, 6.07) is 25.6. The molecule has 0 atom stereocenters. The molecule has 0 saturated heterocycles. The standard InChI is InChI=1S/C30H21Cl2N3O5S/c31-21-10-15-24(25(32)17-21)28(36)18-41-23-13-11-22(12-14-23)33-30(38)26(34-29(37)19-6-2-1-3-7-19)16-20-8-4-5-9-27(20)35(39)40/h1-17H,18H2,(H,33,38)(H,34,37)/b26-16-. The zero-order chi connectivity index (χ0) is 29.4. The van der Waals surface area contributed by atoms with Crippen LogP contribution in [0.1, 0.15) is 26.3 Å². The molecule has 0 aromatic heterocycles. The highest BCUT2D eigenvalue weighted by Crippen LogP contribution is 2.26. The number of carbonyl (C=O) groups excluding carboxylic acids is 3. The highest BCUT2D eigenvalue weighted by atomic mass is 35.5. The molecule has 41 heavy (non-hydrogen) atoms. The summed E-state index contributed by atoms with van der Waals surface area (Å²) in [7, 11) is 0. The Balaban J connectivity index is 1.49. The van der Waals surface area contributed by atoms with Gasteiger partial charge in [0.05, 0.1) is 21.3 Å². The van der Waals surface area contributed by atoms with Crippen LogP contribution < -0.4 is 10.6 Å². The van der Waals surface area contributed by atoms with Crippen molar-refractivity contribution < 1.29 is 19.3 Å². The smallest absolute Gasteiger partial charge is 0.276 e. The topological polar surface area (TPSA) is 118 Å². The minimum Gasteiger partial charge on any atom is -0.321 e. The first kappa shape index (κ1) is 29.5. The predicted octanol–water partition coefficient (Wildman–Crippen LogP) is 7.29. The van der Waals surface area contributed by atoms with Crippen molar-refractivity contribution in [2.24, 2.45) is 0 Å². The second kappa shape index (κ2) is 13.8. The first-order chi connectivity index (χ1) is 19.7. The van der Waals surface area contributed by atoms with E-state index < -0.39 is 16.7 Å². The number of carbonyl (C=O) groups is 3. The second-order valence-corrected chi connectivity index (χ2v) is 10.4. The number of benzene rings is 4. The van der Waals surface area contributed by atoms with Gasteiger partial charge >= 0.3 is 0 Å². The molecule has 4 rings (SSSR count). The zero-order valence-electron chi connectivity index (χ0n) is 21.2. The van der Waals surface area contributed by atoms with E-state index in [0.29, 0.717) is 21.8 Å². The first-order valence-corrected chi connectivity index (χ1v) is 13.8. The number of thioether (sulfide) groups is 1. The van der Waals surface area contributed by atoms with Gasteiger partial charge in [-0.2, -0.15) is 0 Å². The number of nitro benzene ring substituents is 1. The number of anilines is 1. The number of rotatable bonds is 10. The van der Waals surface area contributed by atoms with Gasteiger partial charge in [0.1, 0.15) is 5.70 Å². The Morgan fingerprint density at radius 1 is 0.878 bits per heavy atom. The summed E-state index contributed by atoms with van der Waals surface area (Å²) in [6.07, 6.45) is 1.26. The number of Topliss-reactive ketones (excluding diaryl/α,β-unsaturated/α-hetero) is 1. The van der Waals surface area contributed by atoms with E-state index in [2.05, 4.69) is 10.6 Å². The lowest BCUT2D eigenvalue weighted by Crippen LogP contribution is -2.30. The van der Waals surface area contributed by atoms with Crippen LogP contribution in [0.4, 0.5) is 11.4 Å². The summed E-state index contributed by atoms with van der Waals surface area (Å²) in [5, 5.41) is 17.5. The van der Waals surface area contributed by atoms with Crippen LogP contribution in [0.5, 0.6) is 0 Å². The summed E-state index contributed by atoms with van der Waals surface area (Å²) in [5.41, 5.74) is 0.842. The molecule has 11 heteroatoms. The van der Waals surface area contributed by atoms with Gasteiger partial charge in [0.25, 0.3) is 17.5 Å². The number of nitrogens with one attached hydrogen (secondary N) is 2. The number of amides is 2. The molecule has 0 aliphatic carbocycles. The van der Waals surface area contributed by atoms with E-state index in [4.69, 9.17) is 23.2 Å². The van der Waals surface area contributed by atoms with Crippen LogP contribution in [-0.4, -0.2) is 28.3 Å². The number of hydrogen-bond donors (Lipinski definition) is 2. The Bertz CT molecular complexity index is 1640. The summed E-state index contributed by atoms with van der Waals surface area (Å²) in [4.78, 5) is 50.3. The molecule has 0 spiro atoms. The van der Waals surface area contributed by atoms with Crippen LogP contribution >= 0.6 is 35.0 Å². The van der Waals surface area contributed by atoms with Crippen molar-refractivity contribution >= 4 is 70.0 Å². The molecule has 8 nitrogen and oxygen atoms in total. The lowest BCUT2D eigenvalue weighted by Gasteiger charge is -2.12. The highest BCUT2D eigenvalue weighted by molar-refractivity contribution is 8.00. The van der Waals surface area contributed by atoms with E-state index >= 15 is 0 Å². The second-order valence-electron chi connectivity index (χ2n) is 8.51. The lowest BCUT2D eigenvalue weighted by molar-refractivity contribution is -0.385. The molecule has 0 heterocycles. The van der Waals surface area contributed by atoms with Gasteiger partial charge in [-0.05, 0) is 66.7 Å². The van der Waals surface area contributed by atoms with Crippen molar-refractivity contribution in [3.05, 3.63) is 140 Å². The van der Waals surface area contributed by atoms with Crippen LogP contribution in [0.2, 0.25) is 10.0 Å². The van der Waals surface area contributed by atoms with E-state index in [0.717, 1.165) is 4.90 Å². The van der Waals surface area contributed by atoms with Gasteiger partial charge in [0.15, 0.2) is 5.78 Å². The Kier molecular flexibility index (Phi) is 9.91. The molecule has 4 aromatic rings. The van der Waals surface area contributed by atoms with Gasteiger partial charge in [-0.3, -0.25) is 24.5 Å². The van der Waals surface area contributed by atoms with Crippen molar-refractivity contribution in [3.8, 4) is 0 Å². The molecule has 4 aromatic carbocycles. The van der Waals surface area contributed by atoms with Gasteiger partial charge in [-0.1, -0.05) is 53.5 Å². The lowest BCUT2D eigenvalue weighted by atomic mass is 10.1. The Labute approximate surface area is 249 Å². The van der Waals surface area contributed by atoms with Crippen LogP contribution in [0.3, 0.4) is 0 Å². The van der Waals surface area contributed by atoms with Gasteiger partial charge in [0, 0.05) is 32.8 Å². The normalized spacial score (nSPS) is 11.0. The molecule has 0 aliphatic heterocycles. The fourth-order valence-electron chi connectivity index (χ4n) is 3.65. The molecular formula is C30H21Cl2N3O5S. The van der Waals surface area contributed by atoms with Crippen molar-refractivity contribution in [1.29, 1.82) is 0 Å². The third-order valence-electron chi connectivity index (χ3n) is 5.68. The average molecular weight is 606 g/mol. The van der Waals surface area contributed by atoms with Gasteiger partial charge < -0.3 is 10.6 Å². The van der Waals surface area contributed by atoms with E-state index in [9.17, 15) is 24.5 Å². The zero-order valence-corrected chi connectivity index (χ0v) is 23.5. The monoisotopic (exact) mass is 605 g/mol.